The van der Waals surface area contributed by atoms with E-state index in [-0.39, 0.29) is 22.5 Å². The zero-order chi connectivity index (χ0) is 24.2. The lowest BCUT2D eigenvalue weighted by molar-refractivity contribution is -0.126. The van der Waals surface area contributed by atoms with E-state index in [0.717, 1.165) is 41.3 Å². The Balaban J connectivity index is 1.49. The lowest BCUT2D eigenvalue weighted by Crippen LogP contribution is -2.36. The lowest BCUT2D eigenvalue weighted by Gasteiger charge is -2.14. The summed E-state index contributed by atoms with van der Waals surface area (Å²) in [6, 6.07) is 11.8. The van der Waals surface area contributed by atoms with Gasteiger partial charge in [-0.2, -0.15) is 0 Å². The van der Waals surface area contributed by atoms with Crippen LogP contribution in [-0.4, -0.2) is 37.9 Å². The summed E-state index contributed by atoms with van der Waals surface area (Å²) in [6.07, 6.45) is 3.24. The van der Waals surface area contributed by atoms with Gasteiger partial charge in [-0.3, -0.25) is 14.5 Å². The monoisotopic (exact) mass is 496 g/mol. The summed E-state index contributed by atoms with van der Waals surface area (Å²) in [6.45, 7) is 3.80. The fourth-order valence-electron chi connectivity index (χ4n) is 3.48. The zero-order valence-corrected chi connectivity index (χ0v) is 20.1. The molecule has 10 heteroatoms. The molecule has 7 nitrogen and oxygen atoms in total. The van der Waals surface area contributed by atoms with Crippen molar-refractivity contribution in [2.24, 2.45) is 0 Å². The molecule has 0 bridgehead atoms. The number of benzene rings is 2. The molecule has 2 amide bonds. The molecule has 4 rings (SSSR count). The molecule has 1 fully saturated rings. The molecule has 0 spiro atoms. The number of carbonyl (C=O) groups is 2. The lowest BCUT2D eigenvalue weighted by atomic mass is 9.98. The molecule has 34 heavy (non-hydrogen) atoms. The number of nitrogens with one attached hydrogen (secondary N) is 1. The number of anilines is 1. The van der Waals surface area contributed by atoms with E-state index < -0.39 is 11.8 Å². The fraction of sp³-hybridized carbons (Fsp3) is 0.208. The number of aromatic nitrogens is 2. The molecule has 2 heterocycles. The van der Waals surface area contributed by atoms with Gasteiger partial charge in [0.2, 0.25) is 11.7 Å². The molecule has 2 aromatic carbocycles. The van der Waals surface area contributed by atoms with E-state index in [1.165, 1.54) is 17.0 Å². The fourth-order valence-corrected chi connectivity index (χ4v) is 4.74. The second kappa shape index (κ2) is 10.3. The topological polar surface area (TPSA) is 88.3 Å². The third-order valence-electron chi connectivity index (χ3n) is 5.31. The number of halogens is 1. The maximum atomic E-state index is 13.1. The Kier molecular flexibility index (Phi) is 7.18. The van der Waals surface area contributed by atoms with Gasteiger partial charge >= 0.3 is 0 Å². The molecule has 1 N–H and O–H groups in total. The standard InChI is InChI=1S/C24H21FN4O3S2/c1-3-14-5-8-16(4-2)18(11-14)21-22(28-32-27-21)26-20(30)13-29-23(31)19(34-24(29)33)12-15-6-9-17(25)10-7-15/h5-12H,3-4,13H2,1-2H3,(H,26,28,30)/b19-12-. The molecule has 1 saturated heterocycles. The van der Waals surface area contributed by atoms with E-state index in [4.69, 9.17) is 16.8 Å². The van der Waals surface area contributed by atoms with E-state index in [1.54, 1.807) is 18.2 Å². The molecule has 0 saturated carbocycles. The molecule has 1 aromatic heterocycles. The van der Waals surface area contributed by atoms with Crippen LogP contribution in [0.15, 0.2) is 52.0 Å². The first-order valence-electron chi connectivity index (χ1n) is 10.6. The normalized spacial score (nSPS) is 14.8. The highest BCUT2D eigenvalue weighted by atomic mass is 32.2. The quantitative estimate of drug-likeness (QED) is 0.370. The summed E-state index contributed by atoms with van der Waals surface area (Å²) in [7, 11) is 0. The highest BCUT2D eigenvalue weighted by molar-refractivity contribution is 8.26. The molecule has 3 aromatic rings. The second-order valence-electron chi connectivity index (χ2n) is 7.53. The number of hydrogen-bond acceptors (Lipinski definition) is 7. The molecule has 174 valence electrons. The van der Waals surface area contributed by atoms with Crippen LogP contribution in [0.5, 0.6) is 0 Å². The van der Waals surface area contributed by atoms with Crippen LogP contribution in [0, 0.1) is 5.82 Å². The van der Waals surface area contributed by atoms with Crippen LogP contribution in [0.2, 0.25) is 0 Å². The van der Waals surface area contributed by atoms with Crippen LogP contribution in [-0.2, 0) is 22.4 Å². The van der Waals surface area contributed by atoms with Crippen molar-refractivity contribution in [1.82, 2.24) is 15.2 Å². The van der Waals surface area contributed by atoms with Crippen LogP contribution in [0.4, 0.5) is 10.2 Å². The summed E-state index contributed by atoms with van der Waals surface area (Å²) >= 11 is 6.39. The number of rotatable bonds is 7. The van der Waals surface area contributed by atoms with Crippen molar-refractivity contribution in [2.45, 2.75) is 26.7 Å². The highest BCUT2D eigenvalue weighted by Crippen LogP contribution is 2.33. The summed E-state index contributed by atoms with van der Waals surface area (Å²) in [5, 5.41) is 10.5. The number of nitrogens with zero attached hydrogens (tertiary/aromatic N) is 3. The van der Waals surface area contributed by atoms with Gasteiger partial charge in [0.15, 0.2) is 5.69 Å². The predicted octanol–water partition coefficient (Wildman–Crippen LogP) is 4.84. The van der Waals surface area contributed by atoms with Crippen molar-refractivity contribution >= 4 is 52.0 Å². The summed E-state index contributed by atoms with van der Waals surface area (Å²) < 4.78 is 18.3. The minimum Gasteiger partial charge on any atom is -0.304 e. The predicted molar refractivity (Wildman–Crippen MR) is 133 cm³/mol. The summed E-state index contributed by atoms with van der Waals surface area (Å²) in [5.41, 5.74) is 4.10. The number of aryl methyl sites for hydroxylation is 2. The largest absolute Gasteiger partial charge is 0.304 e. The first kappa shape index (κ1) is 23.8. The zero-order valence-electron chi connectivity index (χ0n) is 18.5. The van der Waals surface area contributed by atoms with Crippen molar-refractivity contribution in [3.8, 4) is 11.3 Å². The maximum absolute atomic E-state index is 13.1. The van der Waals surface area contributed by atoms with E-state index in [0.29, 0.717) is 16.2 Å². The van der Waals surface area contributed by atoms with Crippen LogP contribution < -0.4 is 5.32 Å². The van der Waals surface area contributed by atoms with Crippen LogP contribution >= 0.6 is 24.0 Å². The molecule has 1 aliphatic heterocycles. The smallest absolute Gasteiger partial charge is 0.266 e. The van der Waals surface area contributed by atoms with Gasteiger partial charge in [0.05, 0.1) is 4.91 Å². The average molecular weight is 497 g/mol. The minimum absolute atomic E-state index is 0.181. The minimum atomic E-state index is -0.485. The molecule has 0 radical (unpaired) electrons. The molecule has 1 aliphatic rings. The van der Waals surface area contributed by atoms with E-state index in [1.807, 2.05) is 19.1 Å². The van der Waals surface area contributed by atoms with Crippen molar-refractivity contribution < 1.29 is 18.6 Å². The van der Waals surface area contributed by atoms with Gasteiger partial charge in [0, 0.05) is 5.56 Å². The van der Waals surface area contributed by atoms with Crippen molar-refractivity contribution in [3.63, 3.8) is 0 Å². The first-order valence-corrected chi connectivity index (χ1v) is 11.9. The summed E-state index contributed by atoms with van der Waals surface area (Å²) in [5.74, 6) is -1.06. The van der Waals surface area contributed by atoms with Crippen LogP contribution in [0.1, 0.15) is 30.5 Å². The Morgan fingerprint density at radius 2 is 1.94 bits per heavy atom. The number of hydrogen-bond donors (Lipinski definition) is 1. The number of carbonyl (C=O) groups excluding carboxylic acids is 2. The van der Waals surface area contributed by atoms with Gasteiger partial charge in [-0.25, -0.2) is 9.02 Å². The SMILES string of the molecule is CCc1ccc(CC)c(-c2nonc2NC(=O)CN2C(=O)/C(=C/c3ccc(F)cc3)SC2=S)c1. The Morgan fingerprint density at radius 1 is 1.18 bits per heavy atom. The molecular formula is C24H21FN4O3S2. The second-order valence-corrected chi connectivity index (χ2v) is 9.20. The number of thioether (sulfide) groups is 1. The molecule has 0 unspecified atom stereocenters. The van der Waals surface area contributed by atoms with Crippen molar-refractivity contribution in [2.75, 3.05) is 11.9 Å². The van der Waals surface area contributed by atoms with E-state index in [9.17, 15) is 14.0 Å². The van der Waals surface area contributed by atoms with Gasteiger partial charge < -0.3 is 5.32 Å². The van der Waals surface area contributed by atoms with Crippen LogP contribution in [0.25, 0.3) is 17.3 Å². The van der Waals surface area contributed by atoms with E-state index in [2.05, 4.69) is 28.6 Å². The van der Waals surface area contributed by atoms with Gasteiger partial charge in [-0.15, -0.1) is 0 Å². The van der Waals surface area contributed by atoms with Crippen molar-refractivity contribution in [3.05, 3.63) is 69.9 Å². The molecular weight excluding hydrogens is 475 g/mol. The highest BCUT2D eigenvalue weighted by Gasteiger charge is 2.33. The van der Waals surface area contributed by atoms with Gasteiger partial charge in [-0.1, -0.05) is 62.1 Å². The average Bonchev–Trinajstić information content (AvgIpc) is 3.39. The third-order valence-corrected chi connectivity index (χ3v) is 6.69. The molecule has 0 aliphatic carbocycles. The van der Waals surface area contributed by atoms with E-state index >= 15 is 0 Å². The Labute approximate surface area is 205 Å². The van der Waals surface area contributed by atoms with Crippen molar-refractivity contribution in [1.29, 1.82) is 0 Å². The Morgan fingerprint density at radius 3 is 2.65 bits per heavy atom. The number of thiocarbonyl (C=S) groups is 1. The van der Waals surface area contributed by atoms with Crippen LogP contribution in [0.3, 0.4) is 0 Å². The van der Waals surface area contributed by atoms with Gasteiger partial charge in [0.25, 0.3) is 5.91 Å². The third kappa shape index (κ3) is 5.07. The molecule has 0 atom stereocenters. The maximum Gasteiger partial charge on any atom is 0.266 e. The Hall–Kier alpha value is -3.37. The van der Waals surface area contributed by atoms with Gasteiger partial charge in [-0.05, 0) is 64.1 Å². The number of amides is 2. The Bertz CT molecular complexity index is 1290. The first-order chi connectivity index (χ1) is 16.4. The van der Waals surface area contributed by atoms with Gasteiger partial charge in [0.1, 0.15) is 16.7 Å². The summed E-state index contributed by atoms with van der Waals surface area (Å²) in [4.78, 5) is 27.2.